The summed E-state index contributed by atoms with van der Waals surface area (Å²) in [5.74, 6) is 8.39. The monoisotopic (exact) mass is 2000 g/mol. The summed E-state index contributed by atoms with van der Waals surface area (Å²) in [6.07, 6.45) is 54.5. The zero-order valence-electron chi connectivity index (χ0n) is 93.6. The molecule has 24 atom stereocenters. The summed E-state index contributed by atoms with van der Waals surface area (Å²) >= 11 is 0. The fourth-order valence-electron chi connectivity index (χ4n) is 29.8. The minimum atomic E-state index is -2.05. The molecule has 0 radical (unpaired) electrons. The molecule has 2 spiro atoms. The summed E-state index contributed by atoms with van der Waals surface area (Å²) in [6.45, 7) is 61.2. The molecule has 0 aromatic heterocycles. The van der Waals surface area contributed by atoms with E-state index in [1.165, 1.54) is 158 Å². The first-order valence-electron chi connectivity index (χ1n) is 56.8. The van der Waals surface area contributed by atoms with Gasteiger partial charge in [-0.1, -0.05) is 262 Å². The second kappa shape index (κ2) is 46.0. The Morgan fingerprint density at radius 3 is 0.793 bits per heavy atom. The number of aliphatic hydroxyl groups excluding tert-OH is 6. The van der Waals surface area contributed by atoms with Gasteiger partial charge in [0, 0.05) is 0 Å². The summed E-state index contributed by atoms with van der Waals surface area (Å²) in [6, 6.07) is 0. The predicted octanol–water partition coefficient (Wildman–Crippen LogP) is 26.9. The van der Waals surface area contributed by atoms with E-state index < -0.39 is 100 Å². The van der Waals surface area contributed by atoms with Gasteiger partial charge in [0.05, 0.1) is 78.8 Å². The van der Waals surface area contributed by atoms with E-state index in [1.807, 2.05) is 53.7 Å². The van der Waals surface area contributed by atoms with Gasteiger partial charge in [0.2, 0.25) is 0 Å². The van der Waals surface area contributed by atoms with E-state index in [2.05, 4.69) is 180 Å². The number of halogens is 2. The highest BCUT2D eigenvalue weighted by Crippen LogP contribution is 2.66. The van der Waals surface area contributed by atoms with Crippen LogP contribution in [-0.2, 0) is 18.3 Å². The largest absolute Gasteiger partial charge is 0.410 e. The van der Waals surface area contributed by atoms with E-state index in [0.717, 1.165) is 124 Å². The van der Waals surface area contributed by atoms with Crippen molar-refractivity contribution in [3.05, 3.63) is 93.2 Å². The molecule has 2 heterocycles. The third-order valence-corrected chi connectivity index (χ3v) is 50.0. The Hall–Kier alpha value is -2.39. The molecular weight excluding hydrogens is 1790 g/mol. The Morgan fingerprint density at radius 1 is 0.350 bits per heavy atom. The highest BCUT2D eigenvalue weighted by molar-refractivity contribution is 6.74. The van der Waals surface area contributed by atoms with Gasteiger partial charge in [-0.2, -0.15) is 0 Å². The summed E-state index contributed by atoms with van der Waals surface area (Å²) in [7, 11) is -3.97. The summed E-state index contributed by atoms with van der Waals surface area (Å²) in [5.41, 5.74) is 5.77. The summed E-state index contributed by atoms with van der Waals surface area (Å²) in [5, 5.41) is 112. The normalized spacial score (nSPS) is 39.1. The third-order valence-electron chi connectivity index (χ3n) is 41.0. The molecule has 12 aliphatic carbocycles. The SMILES string of the molecule is C[C@@H](CCCC(C)(C)C)C1CCC2/C(=C/C=C3C[C@@H](O[Si](C)(C)C(C)(C)C)C4(CO4)[C@H](O[Si](C)(C)C(C)(C)C)C3)CCCC21C.C[C@@H](CCCC(C)(C)O)C1CCC2/C(=C/C=C3C[C@@H](O)C(O)(CF)[C@H](O)C3)CCCC21C.C[C@@H](CCCC(C)(C)O)C1CCC2/C(=C/C=C3C[C@@H](O)C(O)(CF)[C@H](O)C3)CCCC21C.C[C@@H](CCCC(C)(C)O)C1CCC2/C(=C/C=C3C[C@@H](O)C4(CO4)[C@H](O)C3)CCCC21C. The molecule has 2 saturated heterocycles. The first-order chi connectivity index (χ1) is 64.8. The maximum absolute atomic E-state index is 13.2. The molecule has 15 nitrogen and oxygen atoms in total. The number of alkyl halides is 2. The van der Waals surface area contributed by atoms with Crippen LogP contribution in [0.1, 0.15) is 416 Å². The number of rotatable bonds is 29. The topological polar surface area (TPSA) is 266 Å². The molecule has 2 aliphatic heterocycles. The molecule has 0 amide bonds. The number of epoxide rings is 2. The van der Waals surface area contributed by atoms with Crippen molar-refractivity contribution in [2.75, 3.05) is 26.6 Å². The zero-order chi connectivity index (χ0) is 104. The van der Waals surface area contributed by atoms with Crippen molar-refractivity contribution in [1.82, 2.24) is 0 Å². The lowest BCUT2D eigenvalue weighted by atomic mass is 9.60. The number of aliphatic hydroxyl groups is 11. The van der Waals surface area contributed by atoms with Crippen LogP contribution in [0.2, 0.25) is 36.3 Å². The van der Waals surface area contributed by atoms with Crippen LogP contribution < -0.4 is 0 Å². The number of hydrogen-bond donors (Lipinski definition) is 11. The fourth-order valence-corrected chi connectivity index (χ4v) is 32.5. The van der Waals surface area contributed by atoms with Crippen molar-refractivity contribution in [2.45, 2.75) is 540 Å². The lowest BCUT2D eigenvalue weighted by Gasteiger charge is -2.48. The Labute approximate surface area is 852 Å². The molecule has 12 unspecified atom stereocenters. The molecule has 14 rings (SSSR count). The predicted molar refractivity (Wildman–Crippen MR) is 574 cm³/mol. The zero-order valence-corrected chi connectivity index (χ0v) is 95.6. The van der Waals surface area contributed by atoms with E-state index in [0.29, 0.717) is 93.9 Å². The van der Waals surface area contributed by atoms with Crippen molar-refractivity contribution in [1.29, 1.82) is 0 Å². The van der Waals surface area contributed by atoms with Crippen LogP contribution in [0.3, 0.4) is 0 Å². The molecule has 14 aliphatic rings. The Bertz CT molecular complexity index is 4090. The van der Waals surface area contributed by atoms with Crippen LogP contribution in [0.15, 0.2) is 93.2 Å². The molecule has 804 valence electrons. The Kier molecular flexibility index (Phi) is 38.8. The number of ether oxygens (including phenoxy) is 2. The number of allylic oxidation sites excluding steroid dienone is 12. The smallest absolute Gasteiger partial charge is 0.192 e. The number of fused-ring (bicyclic) bond motifs is 4. The quantitative estimate of drug-likeness (QED) is 0.0246. The Balaban J connectivity index is 0.000000181. The van der Waals surface area contributed by atoms with Crippen LogP contribution in [0.25, 0.3) is 0 Å². The fraction of sp³-hybridized carbons (Fsp3) is 0.868. The van der Waals surface area contributed by atoms with Crippen LogP contribution >= 0.6 is 0 Å². The molecule has 0 bridgehead atoms. The maximum Gasteiger partial charge on any atom is 0.192 e. The molecule has 12 saturated carbocycles. The van der Waals surface area contributed by atoms with Gasteiger partial charge in [-0.3, -0.25) is 0 Å². The standard InChI is InChI=1S/C40H74O3Si2.2C27H45FO4.C27H44O4/c1-29(18-16-24-36(2,3)4)32-22-23-33-31(19-17-25-39(32,33)11)21-20-30-26-34(42-44(12,13)37(5,6)7)40(28-41-40)35(27-30)43-45(14,15)38(8,9)10;2*1-18(7-5-13-25(2,3)31)21-11-12-22-20(8-6-14-26(21,22)4)10-9-19-15-23(29)27(32,17-28)24(30)16-19;1-18(7-5-13-25(2,3)30)21-11-12-22-20(8-6-14-26(21,22)4)10-9-19-15-23(28)27(17-31-27)24(29)16-19/h20-21,29,32-35H,16-19,22-28H2,1-15H3;2*9-10,18,21-24,29-32H,5-8,11-17H2,1-4H3;9-10,18,21-24,28-30H,5-8,11-17H2,1-4H3/b30-20?,31-21+;3*19-9?,20-10+/t29-,32?,33?,34+,35+,39?,40?;3*18-,21?,22?,23+,24+,26?,27?/m0000/s1. The van der Waals surface area contributed by atoms with Crippen LogP contribution in [0.4, 0.5) is 8.78 Å². The van der Waals surface area contributed by atoms with Gasteiger partial charge < -0.3 is 74.5 Å². The lowest BCUT2D eigenvalue weighted by Crippen LogP contribution is -2.57. The van der Waals surface area contributed by atoms with Gasteiger partial charge in [0.25, 0.3) is 0 Å². The van der Waals surface area contributed by atoms with Crippen LogP contribution in [0.5, 0.6) is 0 Å². The highest BCUT2D eigenvalue weighted by Gasteiger charge is 2.65. The average Bonchev–Trinajstić information content (AvgIpc) is 1.56. The van der Waals surface area contributed by atoms with Crippen molar-refractivity contribution in [3.63, 3.8) is 0 Å². The molecule has 140 heavy (non-hydrogen) atoms. The van der Waals surface area contributed by atoms with Crippen LogP contribution in [0, 0.1) is 98.1 Å². The highest BCUT2D eigenvalue weighted by atomic mass is 28.4. The van der Waals surface area contributed by atoms with Crippen molar-refractivity contribution < 1.29 is 83.3 Å². The van der Waals surface area contributed by atoms with E-state index >= 15 is 0 Å². The Morgan fingerprint density at radius 2 is 0.579 bits per heavy atom. The van der Waals surface area contributed by atoms with Gasteiger partial charge in [-0.25, -0.2) is 8.78 Å². The molecular formula is C121H208F2O15Si2. The van der Waals surface area contributed by atoms with Gasteiger partial charge in [0.15, 0.2) is 16.6 Å². The van der Waals surface area contributed by atoms with Crippen molar-refractivity contribution in [2.24, 2.45) is 98.1 Å². The maximum atomic E-state index is 13.2. The minimum Gasteiger partial charge on any atom is -0.410 e. The van der Waals surface area contributed by atoms with Crippen molar-refractivity contribution >= 4 is 16.6 Å². The van der Waals surface area contributed by atoms with Gasteiger partial charge in [-0.15, -0.1) is 0 Å². The number of hydrogen-bond acceptors (Lipinski definition) is 15. The lowest BCUT2D eigenvalue weighted by molar-refractivity contribution is -0.165. The van der Waals surface area contributed by atoms with Crippen molar-refractivity contribution in [3.8, 4) is 0 Å². The van der Waals surface area contributed by atoms with E-state index in [4.69, 9.17) is 18.3 Å². The summed E-state index contributed by atoms with van der Waals surface area (Å²) < 4.78 is 52.7. The first kappa shape index (κ1) is 118. The van der Waals surface area contributed by atoms with Gasteiger partial charge >= 0.3 is 0 Å². The minimum absolute atomic E-state index is 0.0768. The average molecular weight is 2000 g/mol. The van der Waals surface area contributed by atoms with E-state index in [9.17, 15) is 65.0 Å². The van der Waals surface area contributed by atoms with Gasteiger partial charge in [-0.05, 0) is 381 Å². The third kappa shape index (κ3) is 27.7. The van der Waals surface area contributed by atoms with Gasteiger partial charge in [0.1, 0.15) is 35.8 Å². The van der Waals surface area contributed by atoms with Crippen LogP contribution in [-0.4, -0.2) is 187 Å². The molecule has 19 heteroatoms. The van der Waals surface area contributed by atoms with E-state index in [1.54, 1.807) is 11.1 Å². The first-order valence-corrected chi connectivity index (χ1v) is 62.6. The molecule has 0 aromatic carbocycles. The second-order valence-electron chi connectivity index (χ2n) is 56.3. The molecule has 14 fully saturated rings. The van der Waals surface area contributed by atoms with E-state index in [-0.39, 0.29) is 53.6 Å². The second-order valence-corrected chi connectivity index (χ2v) is 65.8. The summed E-state index contributed by atoms with van der Waals surface area (Å²) in [4.78, 5) is 0. The molecule has 0 aromatic rings. The molecule has 11 N–H and O–H groups in total.